The number of ether oxygens (including phenoxy) is 1. The average molecular weight is 296 g/mol. The summed E-state index contributed by atoms with van der Waals surface area (Å²) in [5.74, 6) is 0.00876. The van der Waals surface area contributed by atoms with Crippen LogP contribution in [0.4, 0.5) is 10.1 Å². The summed E-state index contributed by atoms with van der Waals surface area (Å²) in [5.41, 5.74) is 2.21. The van der Waals surface area contributed by atoms with Gasteiger partial charge in [0.2, 0.25) is 0 Å². The minimum Gasteiger partial charge on any atom is -0.483 e. The predicted octanol–water partition coefficient (Wildman–Crippen LogP) is 2.73. The molecule has 0 aliphatic carbocycles. The molecule has 110 valence electrons. The van der Waals surface area contributed by atoms with E-state index in [0.29, 0.717) is 5.82 Å². The first-order chi connectivity index (χ1) is 10.8. The van der Waals surface area contributed by atoms with Crippen LogP contribution in [0.5, 0.6) is 5.75 Å². The molecule has 0 spiro atoms. The maximum Gasteiger partial charge on any atom is 0.190 e. The van der Waals surface area contributed by atoms with Crippen molar-refractivity contribution in [3.8, 4) is 5.75 Å². The largest absolute Gasteiger partial charge is 0.483 e. The smallest absolute Gasteiger partial charge is 0.190 e. The number of aromatic nitrogens is 2. The van der Waals surface area contributed by atoms with Crippen LogP contribution in [0.3, 0.4) is 0 Å². The molecule has 0 saturated heterocycles. The highest BCUT2D eigenvalue weighted by Gasteiger charge is 2.10. The second-order valence-corrected chi connectivity index (χ2v) is 4.73. The lowest BCUT2D eigenvalue weighted by Crippen LogP contribution is -2.09. The van der Waals surface area contributed by atoms with Gasteiger partial charge in [-0.2, -0.15) is 0 Å². The zero-order valence-electron chi connectivity index (χ0n) is 11.7. The molecule has 0 amide bonds. The highest BCUT2D eigenvalue weighted by molar-refractivity contribution is 5.65. The molecule has 0 atom stereocenters. The Hall–Kier alpha value is -2.78. The van der Waals surface area contributed by atoms with Crippen molar-refractivity contribution in [2.24, 2.45) is 0 Å². The Morgan fingerprint density at radius 1 is 1.36 bits per heavy atom. The van der Waals surface area contributed by atoms with Crippen molar-refractivity contribution in [2.45, 2.75) is 6.61 Å². The van der Waals surface area contributed by atoms with Gasteiger partial charge in [0.15, 0.2) is 23.1 Å². The van der Waals surface area contributed by atoms with Crippen LogP contribution in [0.1, 0.15) is 11.5 Å². The van der Waals surface area contributed by atoms with E-state index in [-0.39, 0.29) is 18.0 Å². The molecule has 1 N–H and O–H groups in total. The van der Waals surface area contributed by atoms with Gasteiger partial charge in [-0.1, -0.05) is 12.1 Å². The highest BCUT2D eigenvalue weighted by atomic mass is 19.1. The van der Waals surface area contributed by atoms with Crippen molar-refractivity contribution >= 4 is 11.3 Å². The van der Waals surface area contributed by atoms with E-state index >= 15 is 0 Å². The molecule has 0 fully saturated rings. The molecule has 0 saturated carbocycles. The van der Waals surface area contributed by atoms with E-state index < -0.39 is 5.82 Å². The molecule has 0 unspecified atom stereocenters. The van der Waals surface area contributed by atoms with Crippen LogP contribution in [-0.4, -0.2) is 23.1 Å². The van der Waals surface area contributed by atoms with Crippen molar-refractivity contribution < 1.29 is 9.13 Å². The fourth-order valence-electron chi connectivity index (χ4n) is 2.14. The minimum absolute atomic E-state index is 0.0723. The number of hydrogen-bond acceptors (Lipinski definition) is 4. The molecular weight excluding hydrogens is 283 g/mol. The van der Waals surface area contributed by atoms with Gasteiger partial charge < -0.3 is 10.1 Å². The average Bonchev–Trinajstić information content (AvgIpc) is 3.08. The maximum atomic E-state index is 13.7. The van der Waals surface area contributed by atoms with E-state index in [9.17, 15) is 4.39 Å². The second-order valence-electron chi connectivity index (χ2n) is 4.73. The van der Waals surface area contributed by atoms with Gasteiger partial charge in [0.1, 0.15) is 6.61 Å². The van der Waals surface area contributed by atoms with Gasteiger partial charge in [0.05, 0.1) is 12.3 Å². The van der Waals surface area contributed by atoms with E-state index in [4.69, 9.17) is 11.3 Å². The quantitative estimate of drug-likeness (QED) is 0.881. The Bertz CT molecular complexity index is 767. The van der Waals surface area contributed by atoms with E-state index in [1.807, 2.05) is 6.07 Å². The van der Waals surface area contributed by atoms with Crippen molar-refractivity contribution in [3.05, 3.63) is 65.3 Å². The summed E-state index contributed by atoms with van der Waals surface area (Å²) in [6, 6.07) is 5.94. The maximum absolute atomic E-state index is 13.7. The zero-order valence-corrected chi connectivity index (χ0v) is 11.7. The third-order valence-electron chi connectivity index (χ3n) is 3.24. The summed E-state index contributed by atoms with van der Waals surface area (Å²) in [6.07, 6.45) is 3.74. The van der Waals surface area contributed by atoms with Crippen molar-refractivity contribution in [3.63, 3.8) is 0 Å². The number of rotatable bonds is 4. The first-order valence-electron chi connectivity index (χ1n) is 6.78. The summed E-state index contributed by atoms with van der Waals surface area (Å²) in [7, 11) is 0. The molecule has 5 nitrogen and oxygen atoms in total. The molecule has 6 heteroatoms. The van der Waals surface area contributed by atoms with Gasteiger partial charge in [0, 0.05) is 19.3 Å². The number of nitrogens with one attached hydrogen (secondary N) is 1. The zero-order chi connectivity index (χ0) is 15.4. The summed E-state index contributed by atoms with van der Waals surface area (Å²) in [4.78, 5) is 11.7. The molecule has 2 heterocycles. The molecule has 22 heavy (non-hydrogen) atoms. The molecule has 1 aliphatic rings. The number of nitrogens with zero attached hydrogens (tertiary/aromatic N) is 3. The Labute approximate surface area is 127 Å². The van der Waals surface area contributed by atoms with Crippen LogP contribution in [0.15, 0.2) is 36.5 Å². The van der Waals surface area contributed by atoms with Gasteiger partial charge in [-0.15, -0.1) is 0 Å². The standard InChI is InChI=1S/C16H13FN4O/c1-18-12-2-3-15(13(17)8-12)22-10-16-20-7-5-14(21-16)11-4-6-19-9-11/h2-5,7-8,19H,6,9-10H2. The first kappa shape index (κ1) is 14.2. The molecule has 3 rings (SSSR count). The highest BCUT2D eigenvalue weighted by Crippen LogP contribution is 2.23. The lowest BCUT2D eigenvalue weighted by atomic mass is 10.2. The van der Waals surface area contributed by atoms with Crippen LogP contribution < -0.4 is 10.1 Å². The normalized spacial score (nSPS) is 13.5. The van der Waals surface area contributed by atoms with E-state index in [0.717, 1.165) is 30.4 Å². The second kappa shape index (κ2) is 6.33. The first-order valence-corrected chi connectivity index (χ1v) is 6.78. The summed E-state index contributed by atoms with van der Waals surface area (Å²) in [5, 5.41) is 3.21. The Balaban J connectivity index is 1.71. The van der Waals surface area contributed by atoms with Crippen molar-refractivity contribution in [2.75, 3.05) is 13.1 Å². The van der Waals surface area contributed by atoms with Gasteiger partial charge >= 0.3 is 0 Å². The van der Waals surface area contributed by atoms with Crippen LogP contribution in [-0.2, 0) is 6.61 Å². The number of hydrogen-bond donors (Lipinski definition) is 1. The summed E-state index contributed by atoms with van der Waals surface area (Å²) >= 11 is 0. The molecule has 1 aromatic heterocycles. The van der Waals surface area contributed by atoms with Crippen LogP contribution in [0.2, 0.25) is 0 Å². The lowest BCUT2D eigenvalue weighted by molar-refractivity contribution is 0.281. The number of benzene rings is 1. The molecule has 1 aromatic carbocycles. The molecule has 0 bridgehead atoms. The van der Waals surface area contributed by atoms with Crippen LogP contribution in [0.25, 0.3) is 10.4 Å². The Morgan fingerprint density at radius 2 is 2.27 bits per heavy atom. The summed E-state index contributed by atoms with van der Waals surface area (Å²) in [6.45, 7) is 8.53. The number of halogens is 1. The van der Waals surface area contributed by atoms with Crippen LogP contribution in [0, 0.1) is 12.4 Å². The van der Waals surface area contributed by atoms with E-state index in [1.165, 1.54) is 12.1 Å². The third kappa shape index (κ3) is 3.10. The third-order valence-corrected chi connectivity index (χ3v) is 3.24. The fourth-order valence-corrected chi connectivity index (χ4v) is 2.14. The van der Waals surface area contributed by atoms with E-state index in [2.05, 4.69) is 26.2 Å². The minimum atomic E-state index is -0.563. The summed E-state index contributed by atoms with van der Waals surface area (Å²) < 4.78 is 19.1. The van der Waals surface area contributed by atoms with Gasteiger partial charge in [-0.25, -0.2) is 19.2 Å². The SMILES string of the molecule is [C-]#[N+]c1ccc(OCc2nccc(C3=CCNC3)n2)c(F)c1. The van der Waals surface area contributed by atoms with Gasteiger partial charge in [0.25, 0.3) is 0 Å². The van der Waals surface area contributed by atoms with Crippen molar-refractivity contribution in [1.82, 2.24) is 15.3 Å². The Kier molecular flexibility index (Phi) is 4.08. The molecule has 2 aromatic rings. The lowest BCUT2D eigenvalue weighted by Gasteiger charge is -2.08. The topological polar surface area (TPSA) is 51.4 Å². The van der Waals surface area contributed by atoms with Gasteiger partial charge in [-0.3, -0.25) is 0 Å². The molecule has 1 aliphatic heterocycles. The molecular formula is C16H13FN4O. The van der Waals surface area contributed by atoms with E-state index in [1.54, 1.807) is 6.20 Å². The Morgan fingerprint density at radius 3 is 3.00 bits per heavy atom. The fraction of sp³-hybridized carbons (Fsp3) is 0.188. The van der Waals surface area contributed by atoms with Crippen LogP contribution >= 0.6 is 0 Å². The van der Waals surface area contributed by atoms with Crippen molar-refractivity contribution in [1.29, 1.82) is 0 Å². The monoisotopic (exact) mass is 296 g/mol. The predicted molar refractivity (Wildman–Crippen MR) is 79.9 cm³/mol. The molecule has 0 radical (unpaired) electrons. The van der Waals surface area contributed by atoms with Gasteiger partial charge in [-0.05, 0) is 23.8 Å².